The molecule has 0 aliphatic carbocycles. The number of fused-ring (bicyclic) bond motifs is 1. The molecule has 0 saturated carbocycles. The molecule has 0 fully saturated rings. The van der Waals surface area contributed by atoms with Crippen LogP contribution in [-0.4, -0.2) is 21.0 Å². The van der Waals surface area contributed by atoms with Crippen LogP contribution in [-0.2, 0) is 4.79 Å². The van der Waals surface area contributed by atoms with Crippen LogP contribution in [0.1, 0.15) is 50.5 Å². The minimum atomic E-state index is -0.740. The van der Waals surface area contributed by atoms with Gasteiger partial charge in [0.1, 0.15) is 0 Å². The van der Waals surface area contributed by atoms with Crippen LogP contribution in [0.3, 0.4) is 0 Å². The molecule has 4 heteroatoms. The molecule has 0 amide bonds. The van der Waals surface area contributed by atoms with Gasteiger partial charge in [0, 0.05) is 0 Å². The molecular formula is C15H20N2O2. The van der Waals surface area contributed by atoms with Gasteiger partial charge in [-0.3, -0.25) is 4.79 Å². The normalized spacial score (nSPS) is 12.7. The highest BCUT2D eigenvalue weighted by Crippen LogP contribution is 2.25. The standard InChI is InChI=1S/C15H20N2O2/c1-2-3-4-5-6-12(15(18)19)11-7-8-13-14(9-11)17-10-16-13/h7-10,12H,2-6H2,1H3,(H,16,17)(H,18,19). The van der Waals surface area contributed by atoms with Crippen LogP contribution >= 0.6 is 0 Å². The van der Waals surface area contributed by atoms with Crippen molar-refractivity contribution in [2.24, 2.45) is 0 Å². The maximum Gasteiger partial charge on any atom is 0.310 e. The molecule has 0 spiro atoms. The number of aromatic amines is 1. The number of nitrogens with one attached hydrogen (secondary N) is 1. The van der Waals surface area contributed by atoms with Gasteiger partial charge in [0.2, 0.25) is 0 Å². The van der Waals surface area contributed by atoms with Crippen molar-refractivity contribution in [3.63, 3.8) is 0 Å². The third-order valence-corrected chi connectivity index (χ3v) is 3.49. The van der Waals surface area contributed by atoms with Crippen molar-refractivity contribution < 1.29 is 9.90 Å². The van der Waals surface area contributed by atoms with Crippen molar-refractivity contribution in [2.45, 2.75) is 44.9 Å². The number of hydrogen-bond acceptors (Lipinski definition) is 2. The molecule has 0 saturated heterocycles. The summed E-state index contributed by atoms with van der Waals surface area (Å²) in [6, 6.07) is 5.66. The molecule has 4 nitrogen and oxygen atoms in total. The Balaban J connectivity index is 2.11. The summed E-state index contributed by atoms with van der Waals surface area (Å²) in [6.45, 7) is 2.15. The quantitative estimate of drug-likeness (QED) is 0.746. The number of benzene rings is 1. The topological polar surface area (TPSA) is 66.0 Å². The Kier molecular flexibility index (Phi) is 4.55. The molecule has 1 atom stereocenters. The lowest BCUT2D eigenvalue weighted by Crippen LogP contribution is -2.11. The molecule has 0 aliphatic heterocycles. The van der Waals surface area contributed by atoms with E-state index in [1.807, 2.05) is 18.2 Å². The van der Waals surface area contributed by atoms with Gasteiger partial charge in [0.25, 0.3) is 0 Å². The molecule has 1 aromatic carbocycles. The number of carbonyl (C=O) groups is 1. The summed E-state index contributed by atoms with van der Waals surface area (Å²) in [5, 5.41) is 9.38. The van der Waals surface area contributed by atoms with E-state index in [9.17, 15) is 9.90 Å². The number of aromatic nitrogens is 2. The van der Waals surface area contributed by atoms with Crippen molar-refractivity contribution in [2.75, 3.05) is 0 Å². The van der Waals surface area contributed by atoms with E-state index in [-0.39, 0.29) is 0 Å². The van der Waals surface area contributed by atoms with Crippen molar-refractivity contribution >= 4 is 17.0 Å². The minimum Gasteiger partial charge on any atom is -0.481 e. The van der Waals surface area contributed by atoms with Crippen molar-refractivity contribution in [1.29, 1.82) is 0 Å². The number of rotatable bonds is 7. The highest BCUT2D eigenvalue weighted by atomic mass is 16.4. The lowest BCUT2D eigenvalue weighted by molar-refractivity contribution is -0.139. The predicted octanol–water partition coefficient (Wildman–Crippen LogP) is 3.70. The average molecular weight is 260 g/mol. The number of hydrogen-bond donors (Lipinski definition) is 2. The molecule has 1 aromatic heterocycles. The SMILES string of the molecule is CCCCCCC(C(=O)O)c1ccc2nc[nH]c2c1. The summed E-state index contributed by atoms with van der Waals surface area (Å²) in [4.78, 5) is 18.6. The summed E-state index contributed by atoms with van der Waals surface area (Å²) in [5.74, 6) is -1.15. The fraction of sp³-hybridized carbons (Fsp3) is 0.467. The number of aliphatic carboxylic acids is 1. The van der Waals surface area contributed by atoms with Gasteiger partial charge in [-0.05, 0) is 24.1 Å². The second-order valence-corrected chi connectivity index (χ2v) is 4.92. The number of imidazole rings is 1. The second kappa shape index (κ2) is 6.36. The molecular weight excluding hydrogens is 240 g/mol. The highest BCUT2D eigenvalue weighted by molar-refractivity contribution is 5.80. The van der Waals surface area contributed by atoms with Gasteiger partial charge in [-0.1, -0.05) is 38.7 Å². The van der Waals surface area contributed by atoms with E-state index in [1.54, 1.807) is 6.33 Å². The number of nitrogens with zero attached hydrogens (tertiary/aromatic N) is 1. The number of unbranched alkanes of at least 4 members (excludes halogenated alkanes) is 3. The molecule has 2 aromatic rings. The van der Waals surface area contributed by atoms with Crippen molar-refractivity contribution in [3.05, 3.63) is 30.1 Å². The van der Waals surface area contributed by atoms with E-state index in [0.717, 1.165) is 35.9 Å². The maximum atomic E-state index is 11.4. The van der Waals surface area contributed by atoms with Crippen molar-refractivity contribution in [1.82, 2.24) is 9.97 Å². The van der Waals surface area contributed by atoms with Gasteiger partial charge in [-0.2, -0.15) is 0 Å². The average Bonchev–Trinajstić information content (AvgIpc) is 2.85. The van der Waals surface area contributed by atoms with E-state index >= 15 is 0 Å². The fourth-order valence-corrected chi connectivity index (χ4v) is 2.38. The summed E-state index contributed by atoms with van der Waals surface area (Å²) < 4.78 is 0. The van der Waals surface area contributed by atoms with Gasteiger partial charge < -0.3 is 10.1 Å². The van der Waals surface area contributed by atoms with E-state index in [4.69, 9.17) is 0 Å². The first kappa shape index (κ1) is 13.6. The minimum absolute atomic E-state index is 0.412. The molecule has 102 valence electrons. The maximum absolute atomic E-state index is 11.4. The van der Waals surface area contributed by atoms with Crippen LogP contribution < -0.4 is 0 Å². The van der Waals surface area contributed by atoms with E-state index in [2.05, 4.69) is 16.9 Å². The Morgan fingerprint density at radius 1 is 1.37 bits per heavy atom. The van der Waals surface area contributed by atoms with Gasteiger partial charge in [0.05, 0.1) is 23.3 Å². The van der Waals surface area contributed by atoms with Crippen LogP contribution in [0, 0.1) is 0 Å². The zero-order chi connectivity index (χ0) is 13.7. The molecule has 2 rings (SSSR count). The molecule has 19 heavy (non-hydrogen) atoms. The van der Waals surface area contributed by atoms with Gasteiger partial charge in [0.15, 0.2) is 0 Å². The van der Waals surface area contributed by atoms with Crippen LogP contribution in [0.15, 0.2) is 24.5 Å². The third-order valence-electron chi connectivity index (χ3n) is 3.49. The molecule has 1 heterocycles. The van der Waals surface area contributed by atoms with Gasteiger partial charge in [-0.15, -0.1) is 0 Å². The smallest absolute Gasteiger partial charge is 0.310 e. The third kappa shape index (κ3) is 3.34. The predicted molar refractivity (Wildman–Crippen MR) is 75.2 cm³/mol. The first-order chi connectivity index (χ1) is 9.22. The van der Waals surface area contributed by atoms with E-state index < -0.39 is 11.9 Å². The largest absolute Gasteiger partial charge is 0.481 e. The van der Waals surface area contributed by atoms with Gasteiger partial charge in [-0.25, -0.2) is 4.98 Å². The monoisotopic (exact) mass is 260 g/mol. The lowest BCUT2D eigenvalue weighted by atomic mass is 9.93. The van der Waals surface area contributed by atoms with E-state index in [1.165, 1.54) is 6.42 Å². The summed E-state index contributed by atoms with van der Waals surface area (Å²) in [6.07, 6.45) is 6.74. The summed E-state index contributed by atoms with van der Waals surface area (Å²) in [5.41, 5.74) is 2.64. The van der Waals surface area contributed by atoms with Crippen LogP contribution in [0.4, 0.5) is 0 Å². The van der Waals surface area contributed by atoms with Crippen molar-refractivity contribution in [3.8, 4) is 0 Å². The first-order valence-corrected chi connectivity index (χ1v) is 6.88. The Morgan fingerprint density at radius 3 is 2.95 bits per heavy atom. The van der Waals surface area contributed by atoms with Crippen LogP contribution in [0.2, 0.25) is 0 Å². The first-order valence-electron chi connectivity index (χ1n) is 6.88. The zero-order valence-corrected chi connectivity index (χ0v) is 11.2. The molecule has 1 unspecified atom stereocenters. The molecule has 0 radical (unpaired) electrons. The Bertz CT molecular complexity index is 548. The van der Waals surface area contributed by atoms with Crippen LogP contribution in [0.5, 0.6) is 0 Å². The Hall–Kier alpha value is -1.84. The summed E-state index contributed by atoms with van der Waals surface area (Å²) >= 11 is 0. The van der Waals surface area contributed by atoms with Gasteiger partial charge >= 0.3 is 5.97 Å². The molecule has 2 N–H and O–H groups in total. The van der Waals surface area contributed by atoms with E-state index in [0.29, 0.717) is 6.42 Å². The lowest BCUT2D eigenvalue weighted by Gasteiger charge is -2.12. The number of carboxylic acid groups (broad SMARTS) is 1. The zero-order valence-electron chi connectivity index (χ0n) is 11.2. The highest BCUT2D eigenvalue weighted by Gasteiger charge is 2.19. The molecule has 0 aliphatic rings. The fourth-order valence-electron chi connectivity index (χ4n) is 2.38. The van der Waals surface area contributed by atoms with Crippen LogP contribution in [0.25, 0.3) is 11.0 Å². The Morgan fingerprint density at radius 2 is 2.21 bits per heavy atom. The molecule has 0 bridgehead atoms. The summed E-state index contributed by atoms with van der Waals surface area (Å²) in [7, 11) is 0. The number of carboxylic acids is 1. The second-order valence-electron chi connectivity index (χ2n) is 4.92. The number of H-pyrrole nitrogens is 1. The Labute approximate surface area is 112 Å².